The number of nitrogens with one attached hydrogen (secondary N) is 1. The Bertz CT molecular complexity index is 411. The molecule has 0 spiro atoms. The van der Waals surface area contributed by atoms with Crippen molar-refractivity contribution in [1.82, 2.24) is 10.2 Å². The summed E-state index contributed by atoms with van der Waals surface area (Å²) in [4.78, 5) is 2.44. The zero-order chi connectivity index (χ0) is 14.4. The first-order valence-corrected chi connectivity index (χ1v) is 7.41. The summed E-state index contributed by atoms with van der Waals surface area (Å²) in [6, 6.07) is 8.74. The lowest BCUT2D eigenvalue weighted by atomic mass is 10.2. The molecule has 0 bridgehead atoms. The van der Waals surface area contributed by atoms with E-state index in [0.29, 0.717) is 12.1 Å². The summed E-state index contributed by atoms with van der Waals surface area (Å²) in [7, 11) is 1.95. The average molecular weight is 278 g/mol. The Balaban J connectivity index is 1.78. The number of morpholine rings is 1. The molecule has 4 nitrogen and oxygen atoms in total. The fourth-order valence-corrected chi connectivity index (χ4v) is 2.51. The summed E-state index contributed by atoms with van der Waals surface area (Å²) in [6.45, 7) is 8.68. The minimum Gasteiger partial charge on any atom is -0.492 e. The molecule has 0 aliphatic carbocycles. The third-order valence-corrected chi connectivity index (χ3v) is 3.66. The van der Waals surface area contributed by atoms with Crippen LogP contribution in [0.15, 0.2) is 24.3 Å². The van der Waals surface area contributed by atoms with Crippen LogP contribution in [0, 0.1) is 0 Å². The Labute approximate surface area is 122 Å². The summed E-state index contributed by atoms with van der Waals surface area (Å²) in [5.41, 5.74) is 1.25. The second-order valence-electron chi connectivity index (χ2n) is 5.51. The number of ether oxygens (including phenoxy) is 2. The lowest BCUT2D eigenvalue weighted by Crippen LogP contribution is -2.48. The topological polar surface area (TPSA) is 33.7 Å². The fraction of sp³-hybridized carbons (Fsp3) is 0.625. The van der Waals surface area contributed by atoms with Gasteiger partial charge in [0.1, 0.15) is 12.4 Å². The van der Waals surface area contributed by atoms with E-state index >= 15 is 0 Å². The highest BCUT2D eigenvalue weighted by atomic mass is 16.5. The molecule has 1 aromatic carbocycles. The van der Waals surface area contributed by atoms with E-state index < -0.39 is 0 Å². The van der Waals surface area contributed by atoms with Crippen LogP contribution in [0.25, 0.3) is 0 Å². The maximum absolute atomic E-state index is 5.87. The summed E-state index contributed by atoms with van der Waals surface area (Å²) in [6.07, 6.45) is 0.324. The molecule has 0 saturated carbocycles. The quantitative estimate of drug-likeness (QED) is 0.861. The van der Waals surface area contributed by atoms with Crippen molar-refractivity contribution in [3.63, 3.8) is 0 Å². The molecule has 2 atom stereocenters. The van der Waals surface area contributed by atoms with E-state index in [4.69, 9.17) is 9.47 Å². The van der Waals surface area contributed by atoms with Gasteiger partial charge < -0.3 is 14.8 Å². The van der Waals surface area contributed by atoms with Crippen molar-refractivity contribution in [2.75, 3.05) is 33.4 Å². The van der Waals surface area contributed by atoms with E-state index in [0.717, 1.165) is 38.6 Å². The zero-order valence-corrected chi connectivity index (χ0v) is 12.8. The molecular weight excluding hydrogens is 252 g/mol. The highest BCUT2D eigenvalue weighted by molar-refractivity contribution is 5.28. The van der Waals surface area contributed by atoms with Crippen molar-refractivity contribution in [1.29, 1.82) is 0 Å². The van der Waals surface area contributed by atoms with Crippen LogP contribution in [-0.2, 0) is 11.3 Å². The lowest BCUT2D eigenvalue weighted by Gasteiger charge is -2.36. The third kappa shape index (κ3) is 4.47. The normalized spacial score (nSPS) is 23.8. The van der Waals surface area contributed by atoms with Gasteiger partial charge in [-0.25, -0.2) is 0 Å². The summed E-state index contributed by atoms with van der Waals surface area (Å²) in [5, 5.41) is 3.15. The predicted molar refractivity (Wildman–Crippen MR) is 81.1 cm³/mol. The molecule has 1 aromatic rings. The molecule has 0 amide bonds. The van der Waals surface area contributed by atoms with Gasteiger partial charge in [0.2, 0.25) is 0 Å². The number of benzene rings is 1. The van der Waals surface area contributed by atoms with E-state index in [1.165, 1.54) is 5.56 Å². The van der Waals surface area contributed by atoms with Gasteiger partial charge in [-0.05, 0) is 38.6 Å². The lowest BCUT2D eigenvalue weighted by molar-refractivity contribution is -0.0522. The van der Waals surface area contributed by atoms with E-state index in [9.17, 15) is 0 Å². The second-order valence-corrected chi connectivity index (χ2v) is 5.51. The molecule has 1 aliphatic rings. The maximum Gasteiger partial charge on any atom is 0.119 e. The summed E-state index contributed by atoms with van der Waals surface area (Å²) >= 11 is 0. The summed E-state index contributed by atoms with van der Waals surface area (Å²) in [5.74, 6) is 0.951. The largest absolute Gasteiger partial charge is 0.492 e. The molecule has 0 radical (unpaired) electrons. The number of nitrogens with zero attached hydrogens (tertiary/aromatic N) is 1. The van der Waals surface area contributed by atoms with Gasteiger partial charge in [-0.1, -0.05) is 12.1 Å². The van der Waals surface area contributed by atoms with Gasteiger partial charge in [0.05, 0.1) is 12.7 Å². The van der Waals surface area contributed by atoms with E-state index in [2.05, 4.69) is 36.2 Å². The van der Waals surface area contributed by atoms with Gasteiger partial charge in [-0.15, -0.1) is 0 Å². The Morgan fingerprint density at radius 1 is 1.40 bits per heavy atom. The fourth-order valence-electron chi connectivity index (χ4n) is 2.51. The van der Waals surface area contributed by atoms with Crippen molar-refractivity contribution in [2.45, 2.75) is 32.5 Å². The molecule has 112 valence electrons. The van der Waals surface area contributed by atoms with Crippen molar-refractivity contribution >= 4 is 0 Å². The Morgan fingerprint density at radius 2 is 2.25 bits per heavy atom. The molecular formula is C16H26N2O2. The SMILES string of the molecule is CNCc1cccc(OCCN2CC(C)OCC2C)c1. The van der Waals surface area contributed by atoms with Crippen LogP contribution < -0.4 is 10.1 Å². The third-order valence-electron chi connectivity index (χ3n) is 3.66. The predicted octanol–water partition coefficient (Wildman–Crippen LogP) is 1.89. The van der Waals surface area contributed by atoms with Crippen molar-refractivity contribution in [2.24, 2.45) is 0 Å². The van der Waals surface area contributed by atoms with Gasteiger partial charge in [-0.2, -0.15) is 0 Å². The van der Waals surface area contributed by atoms with E-state index in [1.54, 1.807) is 0 Å². The van der Waals surface area contributed by atoms with Crippen LogP contribution in [0.3, 0.4) is 0 Å². The first-order valence-electron chi connectivity index (χ1n) is 7.41. The van der Waals surface area contributed by atoms with Crippen molar-refractivity contribution < 1.29 is 9.47 Å². The molecule has 0 aromatic heterocycles. The van der Waals surface area contributed by atoms with Gasteiger partial charge in [0.25, 0.3) is 0 Å². The van der Waals surface area contributed by atoms with Gasteiger partial charge in [-0.3, -0.25) is 4.90 Å². The molecule has 1 aliphatic heterocycles. The number of hydrogen-bond acceptors (Lipinski definition) is 4. The highest BCUT2D eigenvalue weighted by Crippen LogP contribution is 2.14. The minimum atomic E-state index is 0.324. The molecule has 1 heterocycles. The number of hydrogen-bond donors (Lipinski definition) is 1. The molecule has 1 N–H and O–H groups in total. The Kier molecular flexibility index (Phi) is 5.83. The summed E-state index contributed by atoms with van der Waals surface area (Å²) < 4.78 is 11.5. The smallest absolute Gasteiger partial charge is 0.119 e. The monoisotopic (exact) mass is 278 g/mol. The van der Waals surface area contributed by atoms with Gasteiger partial charge in [0.15, 0.2) is 0 Å². The molecule has 1 saturated heterocycles. The van der Waals surface area contributed by atoms with Crippen LogP contribution in [0.5, 0.6) is 5.75 Å². The van der Waals surface area contributed by atoms with E-state index in [1.807, 2.05) is 19.2 Å². The Morgan fingerprint density at radius 3 is 3.05 bits per heavy atom. The van der Waals surface area contributed by atoms with Crippen LogP contribution in [0.4, 0.5) is 0 Å². The molecule has 4 heteroatoms. The van der Waals surface area contributed by atoms with Crippen LogP contribution in [0.1, 0.15) is 19.4 Å². The first-order chi connectivity index (χ1) is 9.69. The van der Waals surface area contributed by atoms with Gasteiger partial charge >= 0.3 is 0 Å². The van der Waals surface area contributed by atoms with Crippen LogP contribution in [0.2, 0.25) is 0 Å². The van der Waals surface area contributed by atoms with Crippen molar-refractivity contribution in [3.05, 3.63) is 29.8 Å². The molecule has 2 unspecified atom stereocenters. The molecule has 1 fully saturated rings. The second kappa shape index (κ2) is 7.62. The highest BCUT2D eigenvalue weighted by Gasteiger charge is 2.22. The van der Waals surface area contributed by atoms with E-state index in [-0.39, 0.29) is 0 Å². The molecule has 20 heavy (non-hydrogen) atoms. The first kappa shape index (κ1) is 15.3. The van der Waals surface area contributed by atoms with Gasteiger partial charge in [0, 0.05) is 25.7 Å². The maximum atomic E-state index is 5.87. The van der Waals surface area contributed by atoms with Crippen LogP contribution >= 0.6 is 0 Å². The standard InChI is InChI=1S/C16H26N2O2/c1-13-12-20-14(2)11-18(13)7-8-19-16-6-4-5-15(9-16)10-17-3/h4-6,9,13-14,17H,7-8,10-12H2,1-3H3. The molecule has 2 rings (SSSR count). The zero-order valence-electron chi connectivity index (χ0n) is 12.8. The Hall–Kier alpha value is -1.10. The number of rotatable bonds is 6. The minimum absolute atomic E-state index is 0.324. The average Bonchev–Trinajstić information content (AvgIpc) is 2.43. The van der Waals surface area contributed by atoms with Crippen molar-refractivity contribution in [3.8, 4) is 5.75 Å². The van der Waals surface area contributed by atoms with Crippen LogP contribution in [-0.4, -0.2) is 50.4 Å².